The number of phenols is 1. The van der Waals surface area contributed by atoms with Crippen molar-refractivity contribution in [2.75, 3.05) is 7.11 Å². The fourth-order valence-corrected chi connectivity index (χ4v) is 2.32. The SMILES string of the molecule is COc1cc(/C=N/NC(=O)[C@@H](C)n2nnc3ccccc32)ccc1O. The van der Waals surface area contributed by atoms with E-state index in [0.717, 1.165) is 11.0 Å². The van der Waals surface area contributed by atoms with Gasteiger partial charge in [0.05, 0.1) is 18.8 Å². The summed E-state index contributed by atoms with van der Waals surface area (Å²) < 4.78 is 6.57. The maximum Gasteiger partial charge on any atom is 0.264 e. The fourth-order valence-electron chi connectivity index (χ4n) is 2.32. The molecule has 0 saturated heterocycles. The minimum atomic E-state index is -0.570. The van der Waals surface area contributed by atoms with E-state index in [1.165, 1.54) is 19.4 Å². The van der Waals surface area contributed by atoms with E-state index in [9.17, 15) is 9.90 Å². The van der Waals surface area contributed by atoms with Gasteiger partial charge in [0, 0.05) is 0 Å². The number of nitrogens with one attached hydrogen (secondary N) is 1. The van der Waals surface area contributed by atoms with E-state index >= 15 is 0 Å². The highest BCUT2D eigenvalue weighted by atomic mass is 16.5. The van der Waals surface area contributed by atoms with E-state index in [1.54, 1.807) is 23.7 Å². The first kappa shape index (κ1) is 16.4. The molecule has 0 unspecified atom stereocenters. The molecule has 0 aliphatic heterocycles. The molecule has 1 amide bonds. The molecule has 2 N–H and O–H groups in total. The summed E-state index contributed by atoms with van der Waals surface area (Å²) in [5, 5.41) is 21.6. The smallest absolute Gasteiger partial charge is 0.264 e. The van der Waals surface area contributed by atoms with Gasteiger partial charge in [-0.25, -0.2) is 10.1 Å². The van der Waals surface area contributed by atoms with Crippen LogP contribution in [0.4, 0.5) is 0 Å². The van der Waals surface area contributed by atoms with Crippen LogP contribution in [0, 0.1) is 0 Å². The van der Waals surface area contributed by atoms with Crippen LogP contribution in [0.25, 0.3) is 11.0 Å². The molecular formula is C17H17N5O3. The largest absolute Gasteiger partial charge is 0.504 e. The van der Waals surface area contributed by atoms with Crippen molar-refractivity contribution in [3.05, 3.63) is 48.0 Å². The molecule has 1 atom stereocenters. The van der Waals surface area contributed by atoms with E-state index in [2.05, 4.69) is 20.8 Å². The molecule has 1 aromatic heterocycles. The summed E-state index contributed by atoms with van der Waals surface area (Å²) in [6.45, 7) is 1.72. The maximum absolute atomic E-state index is 12.3. The number of carbonyl (C=O) groups excluding carboxylic acids is 1. The molecule has 0 bridgehead atoms. The standard InChI is InChI=1S/C17H17N5O3/c1-11(22-14-6-4-3-5-13(14)19-21-22)17(24)20-18-10-12-7-8-15(23)16(9-12)25-2/h3-11,23H,1-2H3,(H,20,24)/b18-10+/t11-/m1/s1. The molecule has 3 aromatic rings. The van der Waals surface area contributed by atoms with Gasteiger partial charge in [-0.1, -0.05) is 17.3 Å². The Hall–Kier alpha value is -3.42. The summed E-state index contributed by atoms with van der Waals surface area (Å²) in [5.74, 6) is 0.0470. The van der Waals surface area contributed by atoms with Crippen molar-refractivity contribution in [1.29, 1.82) is 0 Å². The topological polar surface area (TPSA) is 102 Å². The number of fused-ring (bicyclic) bond motifs is 1. The molecule has 0 aliphatic carbocycles. The summed E-state index contributed by atoms with van der Waals surface area (Å²) in [4.78, 5) is 12.3. The molecule has 0 saturated carbocycles. The Kier molecular flexibility index (Phi) is 4.60. The third kappa shape index (κ3) is 3.42. The molecule has 0 fully saturated rings. The Morgan fingerprint density at radius 1 is 1.36 bits per heavy atom. The van der Waals surface area contributed by atoms with Crippen LogP contribution in [0.5, 0.6) is 11.5 Å². The van der Waals surface area contributed by atoms with Gasteiger partial charge in [0.15, 0.2) is 11.5 Å². The summed E-state index contributed by atoms with van der Waals surface area (Å²) in [5.41, 5.74) is 4.65. The number of carbonyl (C=O) groups is 1. The first-order chi connectivity index (χ1) is 12.1. The monoisotopic (exact) mass is 339 g/mol. The summed E-state index contributed by atoms with van der Waals surface area (Å²) >= 11 is 0. The van der Waals surface area contributed by atoms with Crippen LogP contribution >= 0.6 is 0 Å². The predicted octanol–water partition coefficient (Wildman–Crippen LogP) is 1.86. The van der Waals surface area contributed by atoms with Crippen molar-refractivity contribution in [3.63, 3.8) is 0 Å². The quantitative estimate of drug-likeness (QED) is 0.546. The number of rotatable bonds is 5. The average molecular weight is 339 g/mol. The zero-order chi connectivity index (χ0) is 17.8. The number of ether oxygens (including phenoxy) is 1. The summed E-state index contributed by atoms with van der Waals surface area (Å²) in [6, 6.07) is 11.6. The number of hydrogen-bond acceptors (Lipinski definition) is 6. The van der Waals surface area contributed by atoms with E-state index < -0.39 is 6.04 Å². The first-order valence-corrected chi connectivity index (χ1v) is 7.60. The minimum absolute atomic E-state index is 0.0374. The van der Waals surface area contributed by atoms with Crippen LogP contribution in [0.2, 0.25) is 0 Å². The van der Waals surface area contributed by atoms with Crippen molar-refractivity contribution in [3.8, 4) is 11.5 Å². The van der Waals surface area contributed by atoms with Gasteiger partial charge in [0.1, 0.15) is 11.6 Å². The van der Waals surface area contributed by atoms with Crippen LogP contribution in [-0.4, -0.2) is 39.3 Å². The number of methoxy groups -OCH3 is 1. The molecular weight excluding hydrogens is 322 g/mol. The second kappa shape index (κ2) is 7.00. The Morgan fingerprint density at radius 3 is 2.96 bits per heavy atom. The molecule has 0 aliphatic rings. The number of benzene rings is 2. The lowest BCUT2D eigenvalue weighted by Crippen LogP contribution is -2.28. The average Bonchev–Trinajstić information content (AvgIpc) is 3.06. The van der Waals surface area contributed by atoms with Gasteiger partial charge in [0.2, 0.25) is 0 Å². The van der Waals surface area contributed by atoms with Gasteiger partial charge in [-0.3, -0.25) is 4.79 Å². The third-order valence-electron chi connectivity index (χ3n) is 3.72. The second-order valence-electron chi connectivity index (χ2n) is 5.36. The highest BCUT2D eigenvalue weighted by Gasteiger charge is 2.18. The number of hydrazone groups is 1. The number of para-hydroxylation sites is 1. The van der Waals surface area contributed by atoms with Gasteiger partial charge < -0.3 is 9.84 Å². The second-order valence-corrected chi connectivity index (χ2v) is 5.36. The predicted molar refractivity (Wildman–Crippen MR) is 92.6 cm³/mol. The Bertz CT molecular complexity index is 935. The lowest BCUT2D eigenvalue weighted by Gasteiger charge is -2.10. The lowest BCUT2D eigenvalue weighted by atomic mass is 10.2. The van der Waals surface area contributed by atoms with Crippen molar-refractivity contribution in [2.24, 2.45) is 5.10 Å². The lowest BCUT2D eigenvalue weighted by molar-refractivity contribution is -0.124. The molecule has 2 aromatic carbocycles. The molecule has 8 nitrogen and oxygen atoms in total. The number of aromatic hydroxyl groups is 1. The van der Waals surface area contributed by atoms with Crippen LogP contribution in [0.1, 0.15) is 18.5 Å². The van der Waals surface area contributed by atoms with E-state index in [4.69, 9.17) is 4.74 Å². The van der Waals surface area contributed by atoms with E-state index in [0.29, 0.717) is 11.3 Å². The van der Waals surface area contributed by atoms with Gasteiger partial charge in [0.25, 0.3) is 5.91 Å². The van der Waals surface area contributed by atoms with Crippen molar-refractivity contribution in [2.45, 2.75) is 13.0 Å². The number of nitrogens with zero attached hydrogens (tertiary/aromatic N) is 4. The van der Waals surface area contributed by atoms with E-state index in [1.807, 2.05) is 24.3 Å². The third-order valence-corrected chi connectivity index (χ3v) is 3.72. The van der Waals surface area contributed by atoms with Gasteiger partial charge in [-0.05, 0) is 42.8 Å². The Labute approximate surface area is 143 Å². The summed E-state index contributed by atoms with van der Waals surface area (Å²) in [7, 11) is 1.46. The zero-order valence-electron chi connectivity index (χ0n) is 13.7. The Balaban J connectivity index is 1.69. The normalized spacial score (nSPS) is 12.4. The molecule has 3 rings (SSSR count). The zero-order valence-corrected chi connectivity index (χ0v) is 13.7. The number of amides is 1. The van der Waals surface area contributed by atoms with Gasteiger partial charge in [-0.15, -0.1) is 5.10 Å². The number of phenolic OH excluding ortho intramolecular Hbond substituents is 1. The molecule has 1 heterocycles. The highest BCUT2D eigenvalue weighted by molar-refractivity contribution is 5.85. The molecule has 0 spiro atoms. The molecule has 0 radical (unpaired) electrons. The van der Waals surface area contributed by atoms with Crippen molar-refractivity contribution >= 4 is 23.2 Å². The minimum Gasteiger partial charge on any atom is -0.504 e. The highest BCUT2D eigenvalue weighted by Crippen LogP contribution is 2.25. The van der Waals surface area contributed by atoms with Crippen LogP contribution in [0.15, 0.2) is 47.6 Å². The van der Waals surface area contributed by atoms with Crippen molar-refractivity contribution < 1.29 is 14.6 Å². The van der Waals surface area contributed by atoms with Crippen LogP contribution < -0.4 is 10.2 Å². The van der Waals surface area contributed by atoms with Crippen LogP contribution in [-0.2, 0) is 4.79 Å². The molecule has 128 valence electrons. The fraction of sp³-hybridized carbons (Fsp3) is 0.176. The maximum atomic E-state index is 12.3. The number of hydrogen-bond donors (Lipinski definition) is 2. The van der Waals surface area contributed by atoms with E-state index in [-0.39, 0.29) is 11.7 Å². The number of aromatic nitrogens is 3. The van der Waals surface area contributed by atoms with Crippen LogP contribution in [0.3, 0.4) is 0 Å². The van der Waals surface area contributed by atoms with Gasteiger partial charge in [-0.2, -0.15) is 5.10 Å². The summed E-state index contributed by atoms with van der Waals surface area (Å²) in [6.07, 6.45) is 1.46. The Morgan fingerprint density at radius 2 is 2.16 bits per heavy atom. The molecule has 8 heteroatoms. The van der Waals surface area contributed by atoms with Gasteiger partial charge >= 0.3 is 0 Å². The van der Waals surface area contributed by atoms with Crippen molar-refractivity contribution in [1.82, 2.24) is 20.4 Å². The molecule has 25 heavy (non-hydrogen) atoms. The first-order valence-electron chi connectivity index (χ1n) is 7.60.